The van der Waals surface area contributed by atoms with Crippen molar-refractivity contribution in [3.05, 3.63) is 58.4 Å². The molecule has 1 heterocycles. The van der Waals surface area contributed by atoms with E-state index in [0.29, 0.717) is 39.0 Å². The number of carbonyl (C=O) groups is 1. The normalized spacial score (nSPS) is 14.8. The zero-order valence-corrected chi connectivity index (χ0v) is 18.7. The molecule has 1 aliphatic carbocycles. The van der Waals surface area contributed by atoms with E-state index in [1.807, 2.05) is 31.2 Å². The standard InChI is InChI=1S/C25H36N2O3/c1-4-29-13-14-30-18-22-10-8-9-21(16-22)17-26-25(28)24-15-19(2)27(20(24)3)23-11-6-5-7-12-23/h8-10,15-16,23H,4-7,11-14,17-18H2,1-3H3,(H,26,28). The molecule has 1 amide bonds. The number of nitrogens with zero attached hydrogens (tertiary/aromatic N) is 1. The van der Waals surface area contributed by atoms with E-state index in [0.717, 1.165) is 22.4 Å². The quantitative estimate of drug-likeness (QED) is 0.553. The number of aryl methyl sites for hydroxylation is 1. The van der Waals surface area contributed by atoms with Gasteiger partial charge in [0, 0.05) is 30.6 Å². The van der Waals surface area contributed by atoms with Crippen molar-refractivity contribution < 1.29 is 14.3 Å². The minimum atomic E-state index is 0.00327. The fourth-order valence-corrected chi connectivity index (χ4v) is 4.47. The molecule has 0 aliphatic heterocycles. The van der Waals surface area contributed by atoms with E-state index in [-0.39, 0.29) is 5.91 Å². The highest BCUT2D eigenvalue weighted by Gasteiger charge is 2.22. The van der Waals surface area contributed by atoms with Crippen molar-refractivity contribution in [2.24, 2.45) is 0 Å². The molecule has 2 aromatic rings. The second-order valence-corrected chi connectivity index (χ2v) is 8.20. The molecule has 0 spiro atoms. The molecule has 0 atom stereocenters. The number of carbonyl (C=O) groups excluding carboxylic acids is 1. The SMILES string of the molecule is CCOCCOCc1cccc(CNC(=O)c2cc(C)n(C3CCCCC3)c2C)c1. The highest BCUT2D eigenvalue weighted by atomic mass is 16.5. The molecule has 1 aromatic heterocycles. The van der Waals surface area contributed by atoms with Gasteiger partial charge in [0.05, 0.1) is 25.4 Å². The van der Waals surface area contributed by atoms with Crippen LogP contribution in [-0.2, 0) is 22.6 Å². The molecule has 5 heteroatoms. The van der Waals surface area contributed by atoms with Crippen LogP contribution < -0.4 is 5.32 Å². The van der Waals surface area contributed by atoms with Crippen molar-refractivity contribution in [2.75, 3.05) is 19.8 Å². The first-order valence-electron chi connectivity index (χ1n) is 11.3. The Balaban J connectivity index is 1.56. The van der Waals surface area contributed by atoms with Gasteiger partial charge in [-0.05, 0) is 50.8 Å². The molecule has 1 aromatic carbocycles. The Bertz CT molecular complexity index is 822. The highest BCUT2D eigenvalue weighted by Crippen LogP contribution is 2.32. The van der Waals surface area contributed by atoms with Crippen LogP contribution in [0, 0.1) is 13.8 Å². The van der Waals surface area contributed by atoms with Gasteiger partial charge in [-0.3, -0.25) is 4.79 Å². The van der Waals surface area contributed by atoms with Crippen LogP contribution in [0.4, 0.5) is 0 Å². The lowest BCUT2D eigenvalue weighted by atomic mass is 9.95. The molecule has 0 saturated heterocycles. The lowest BCUT2D eigenvalue weighted by Crippen LogP contribution is -2.24. The Morgan fingerprint density at radius 1 is 1.07 bits per heavy atom. The Hall–Kier alpha value is -2.11. The van der Waals surface area contributed by atoms with Gasteiger partial charge in [-0.1, -0.05) is 43.5 Å². The molecular weight excluding hydrogens is 376 g/mol. The van der Waals surface area contributed by atoms with Gasteiger partial charge in [-0.2, -0.15) is 0 Å². The largest absolute Gasteiger partial charge is 0.379 e. The summed E-state index contributed by atoms with van der Waals surface area (Å²) in [6, 6.07) is 10.8. The zero-order chi connectivity index (χ0) is 21.3. The van der Waals surface area contributed by atoms with Crippen LogP contribution in [0.1, 0.15) is 77.9 Å². The first kappa shape index (κ1) is 22.6. The average Bonchev–Trinajstić information content (AvgIpc) is 3.07. The van der Waals surface area contributed by atoms with Gasteiger partial charge in [0.1, 0.15) is 0 Å². The summed E-state index contributed by atoms with van der Waals surface area (Å²) in [6.45, 7) is 9.16. The highest BCUT2D eigenvalue weighted by molar-refractivity contribution is 5.95. The molecule has 5 nitrogen and oxygen atoms in total. The molecule has 1 fully saturated rings. The van der Waals surface area contributed by atoms with Gasteiger partial charge in [0.15, 0.2) is 0 Å². The minimum Gasteiger partial charge on any atom is -0.379 e. The van der Waals surface area contributed by atoms with Gasteiger partial charge in [-0.15, -0.1) is 0 Å². The van der Waals surface area contributed by atoms with E-state index >= 15 is 0 Å². The second-order valence-electron chi connectivity index (χ2n) is 8.20. The third-order valence-electron chi connectivity index (χ3n) is 5.96. The summed E-state index contributed by atoms with van der Waals surface area (Å²) in [5, 5.41) is 3.10. The Kier molecular flexibility index (Phi) is 8.52. The molecule has 1 N–H and O–H groups in total. The molecule has 0 unspecified atom stereocenters. The molecule has 3 rings (SSSR count). The number of ether oxygens (including phenoxy) is 2. The van der Waals surface area contributed by atoms with E-state index in [9.17, 15) is 4.79 Å². The van der Waals surface area contributed by atoms with Crippen LogP contribution in [0.2, 0.25) is 0 Å². The molecule has 30 heavy (non-hydrogen) atoms. The van der Waals surface area contributed by atoms with E-state index in [4.69, 9.17) is 9.47 Å². The van der Waals surface area contributed by atoms with Crippen LogP contribution in [0.15, 0.2) is 30.3 Å². The fraction of sp³-hybridized carbons (Fsp3) is 0.560. The smallest absolute Gasteiger partial charge is 0.253 e. The van der Waals surface area contributed by atoms with Crippen LogP contribution >= 0.6 is 0 Å². The van der Waals surface area contributed by atoms with Crippen molar-refractivity contribution in [1.82, 2.24) is 9.88 Å². The van der Waals surface area contributed by atoms with Crippen molar-refractivity contribution in [1.29, 1.82) is 0 Å². The van der Waals surface area contributed by atoms with Gasteiger partial charge in [0.25, 0.3) is 5.91 Å². The zero-order valence-electron chi connectivity index (χ0n) is 18.7. The minimum absolute atomic E-state index is 0.00327. The summed E-state index contributed by atoms with van der Waals surface area (Å²) in [4.78, 5) is 12.9. The molecule has 1 aliphatic rings. The fourth-order valence-electron chi connectivity index (χ4n) is 4.47. The third kappa shape index (κ3) is 5.96. The number of nitrogens with one attached hydrogen (secondary N) is 1. The maximum absolute atomic E-state index is 12.9. The molecule has 0 bridgehead atoms. The van der Waals surface area contributed by atoms with Gasteiger partial charge < -0.3 is 19.4 Å². The predicted molar refractivity (Wildman–Crippen MR) is 120 cm³/mol. The van der Waals surface area contributed by atoms with Crippen LogP contribution in [-0.4, -0.2) is 30.3 Å². The molecule has 0 radical (unpaired) electrons. The van der Waals surface area contributed by atoms with E-state index < -0.39 is 0 Å². The van der Waals surface area contributed by atoms with Crippen molar-refractivity contribution in [3.8, 4) is 0 Å². The van der Waals surface area contributed by atoms with E-state index in [2.05, 4.69) is 29.8 Å². The Morgan fingerprint density at radius 2 is 1.80 bits per heavy atom. The summed E-state index contributed by atoms with van der Waals surface area (Å²) in [5.41, 5.74) is 5.27. The Morgan fingerprint density at radius 3 is 2.57 bits per heavy atom. The van der Waals surface area contributed by atoms with Crippen LogP contribution in [0.5, 0.6) is 0 Å². The summed E-state index contributed by atoms with van der Waals surface area (Å²) in [5.74, 6) is 0.00327. The Labute approximate surface area is 180 Å². The first-order valence-corrected chi connectivity index (χ1v) is 11.3. The summed E-state index contributed by atoms with van der Waals surface area (Å²) < 4.78 is 13.3. The van der Waals surface area contributed by atoms with Gasteiger partial charge >= 0.3 is 0 Å². The summed E-state index contributed by atoms with van der Waals surface area (Å²) >= 11 is 0. The first-order chi connectivity index (χ1) is 14.6. The van der Waals surface area contributed by atoms with Crippen molar-refractivity contribution >= 4 is 5.91 Å². The number of aromatic nitrogens is 1. The van der Waals surface area contributed by atoms with E-state index in [1.165, 1.54) is 37.8 Å². The summed E-state index contributed by atoms with van der Waals surface area (Å²) in [6.07, 6.45) is 6.34. The number of benzene rings is 1. The topological polar surface area (TPSA) is 52.5 Å². The van der Waals surface area contributed by atoms with Crippen molar-refractivity contribution in [2.45, 2.75) is 72.1 Å². The van der Waals surface area contributed by atoms with Crippen molar-refractivity contribution in [3.63, 3.8) is 0 Å². The lowest BCUT2D eigenvalue weighted by molar-refractivity contribution is 0.0453. The lowest BCUT2D eigenvalue weighted by Gasteiger charge is -2.26. The molecule has 1 saturated carbocycles. The summed E-state index contributed by atoms with van der Waals surface area (Å²) in [7, 11) is 0. The number of amides is 1. The second kappa shape index (κ2) is 11.3. The van der Waals surface area contributed by atoms with Gasteiger partial charge in [-0.25, -0.2) is 0 Å². The monoisotopic (exact) mass is 412 g/mol. The maximum atomic E-state index is 12.9. The molecular formula is C25H36N2O3. The maximum Gasteiger partial charge on any atom is 0.253 e. The number of hydrogen-bond acceptors (Lipinski definition) is 3. The number of rotatable bonds is 10. The van der Waals surface area contributed by atoms with Gasteiger partial charge in [0.2, 0.25) is 0 Å². The molecule has 164 valence electrons. The van der Waals surface area contributed by atoms with Crippen LogP contribution in [0.3, 0.4) is 0 Å². The van der Waals surface area contributed by atoms with Crippen LogP contribution in [0.25, 0.3) is 0 Å². The predicted octanol–water partition coefficient (Wildman–Crippen LogP) is 5.09. The number of hydrogen-bond donors (Lipinski definition) is 1. The van der Waals surface area contributed by atoms with E-state index in [1.54, 1.807) is 0 Å². The third-order valence-corrected chi connectivity index (χ3v) is 5.96. The average molecular weight is 413 g/mol.